The Hall–Kier alpha value is -0.730. The Bertz CT molecular complexity index is 299. The molecule has 1 rings (SSSR count). The van der Waals surface area contributed by atoms with Gasteiger partial charge in [-0.1, -0.05) is 25.4 Å². The first kappa shape index (κ1) is 10.4. The van der Waals surface area contributed by atoms with Crippen LogP contribution in [0.1, 0.15) is 25.5 Å². The number of rotatable bonds is 2. The van der Waals surface area contributed by atoms with Gasteiger partial charge in [0.1, 0.15) is 5.75 Å². The molecule has 72 valence electrons. The number of phenols is 1. The summed E-state index contributed by atoms with van der Waals surface area (Å²) < 4.78 is 0. The molecule has 1 aromatic carbocycles. The van der Waals surface area contributed by atoms with Gasteiger partial charge in [0.15, 0.2) is 0 Å². The van der Waals surface area contributed by atoms with Gasteiger partial charge in [0.25, 0.3) is 0 Å². The second kappa shape index (κ2) is 3.99. The van der Waals surface area contributed by atoms with Gasteiger partial charge < -0.3 is 10.8 Å². The van der Waals surface area contributed by atoms with Crippen LogP contribution in [0.25, 0.3) is 0 Å². The molecule has 0 fully saturated rings. The summed E-state index contributed by atoms with van der Waals surface area (Å²) in [5, 5.41) is 10.1. The van der Waals surface area contributed by atoms with Crippen LogP contribution in [0, 0.1) is 5.92 Å². The highest BCUT2D eigenvalue weighted by Crippen LogP contribution is 2.29. The third-order valence-corrected chi connectivity index (χ3v) is 2.30. The number of hydrogen-bond acceptors (Lipinski definition) is 2. The molecular weight excluding hydrogens is 186 g/mol. The molecule has 1 atom stereocenters. The van der Waals surface area contributed by atoms with Crippen molar-refractivity contribution in [3.05, 3.63) is 28.8 Å². The normalized spacial score (nSPS) is 13.3. The zero-order valence-corrected chi connectivity index (χ0v) is 8.55. The molecule has 0 aliphatic heterocycles. The monoisotopic (exact) mass is 199 g/mol. The number of phenolic OH excluding ortho intramolecular Hbond substituents is 1. The molecule has 0 aliphatic rings. The minimum absolute atomic E-state index is 0.168. The Morgan fingerprint density at radius 3 is 2.54 bits per heavy atom. The third kappa shape index (κ3) is 2.36. The summed E-state index contributed by atoms with van der Waals surface area (Å²) in [6.07, 6.45) is 0. The van der Waals surface area contributed by atoms with Crippen molar-refractivity contribution in [1.29, 1.82) is 0 Å². The predicted molar refractivity (Wildman–Crippen MR) is 54.9 cm³/mol. The molecule has 0 radical (unpaired) electrons. The number of halogens is 1. The van der Waals surface area contributed by atoms with Crippen LogP contribution in [0.3, 0.4) is 0 Å². The Morgan fingerprint density at radius 1 is 1.38 bits per heavy atom. The molecule has 3 N–H and O–H groups in total. The highest BCUT2D eigenvalue weighted by molar-refractivity contribution is 6.30. The van der Waals surface area contributed by atoms with Crippen molar-refractivity contribution in [2.75, 3.05) is 0 Å². The van der Waals surface area contributed by atoms with E-state index in [4.69, 9.17) is 17.3 Å². The van der Waals surface area contributed by atoms with Crippen LogP contribution in [0.5, 0.6) is 5.75 Å². The van der Waals surface area contributed by atoms with Crippen LogP contribution < -0.4 is 5.73 Å². The van der Waals surface area contributed by atoms with E-state index in [-0.39, 0.29) is 17.7 Å². The van der Waals surface area contributed by atoms with Crippen molar-refractivity contribution in [3.63, 3.8) is 0 Å². The molecule has 0 heterocycles. The van der Waals surface area contributed by atoms with Crippen molar-refractivity contribution in [2.45, 2.75) is 19.9 Å². The van der Waals surface area contributed by atoms with E-state index in [1.54, 1.807) is 18.2 Å². The van der Waals surface area contributed by atoms with Gasteiger partial charge >= 0.3 is 0 Å². The van der Waals surface area contributed by atoms with E-state index >= 15 is 0 Å². The molecule has 0 saturated carbocycles. The number of aromatic hydroxyl groups is 1. The number of nitrogens with two attached hydrogens (primary N) is 1. The SMILES string of the molecule is CC(C)C(N)c1cc(Cl)ccc1O. The van der Waals surface area contributed by atoms with Crippen LogP contribution in [0.4, 0.5) is 0 Å². The molecule has 0 spiro atoms. The lowest BCUT2D eigenvalue weighted by Crippen LogP contribution is -2.16. The summed E-state index contributed by atoms with van der Waals surface area (Å²) in [4.78, 5) is 0. The molecule has 3 heteroatoms. The second-order valence-corrected chi connectivity index (χ2v) is 3.91. The van der Waals surface area contributed by atoms with Crippen molar-refractivity contribution in [2.24, 2.45) is 11.7 Å². The zero-order valence-electron chi connectivity index (χ0n) is 7.79. The van der Waals surface area contributed by atoms with Gasteiger partial charge in [-0.3, -0.25) is 0 Å². The maximum atomic E-state index is 9.52. The smallest absolute Gasteiger partial charge is 0.120 e. The summed E-state index contributed by atoms with van der Waals surface area (Å²) in [5.74, 6) is 0.495. The van der Waals surface area contributed by atoms with E-state index < -0.39 is 0 Å². The number of benzene rings is 1. The molecule has 1 unspecified atom stereocenters. The van der Waals surface area contributed by atoms with Crippen LogP contribution in [-0.2, 0) is 0 Å². The van der Waals surface area contributed by atoms with Gasteiger partial charge in [-0.2, -0.15) is 0 Å². The van der Waals surface area contributed by atoms with Crippen LogP contribution in [0.15, 0.2) is 18.2 Å². The topological polar surface area (TPSA) is 46.2 Å². The van der Waals surface area contributed by atoms with Crippen molar-refractivity contribution >= 4 is 11.6 Å². The molecule has 13 heavy (non-hydrogen) atoms. The van der Waals surface area contributed by atoms with Crippen LogP contribution in [-0.4, -0.2) is 5.11 Å². The first-order valence-corrected chi connectivity index (χ1v) is 4.64. The molecular formula is C10H14ClNO. The van der Waals surface area contributed by atoms with Crippen LogP contribution >= 0.6 is 11.6 Å². The van der Waals surface area contributed by atoms with Crippen molar-refractivity contribution in [1.82, 2.24) is 0 Å². The minimum atomic E-state index is -0.168. The van der Waals surface area contributed by atoms with Gasteiger partial charge in [-0.15, -0.1) is 0 Å². The summed E-state index contributed by atoms with van der Waals surface area (Å²) in [5.41, 5.74) is 6.60. The standard InChI is InChI=1S/C10H14ClNO/c1-6(2)10(12)8-5-7(11)3-4-9(8)13/h3-6,10,13H,12H2,1-2H3. The third-order valence-electron chi connectivity index (χ3n) is 2.07. The first-order valence-electron chi connectivity index (χ1n) is 4.26. The second-order valence-electron chi connectivity index (χ2n) is 3.47. The molecule has 0 bridgehead atoms. The lowest BCUT2D eigenvalue weighted by atomic mass is 9.96. The lowest BCUT2D eigenvalue weighted by Gasteiger charge is -2.17. The summed E-state index contributed by atoms with van der Waals surface area (Å²) >= 11 is 5.80. The predicted octanol–water partition coefficient (Wildman–Crippen LogP) is 2.70. The zero-order chi connectivity index (χ0) is 10.0. The number of hydrogen-bond donors (Lipinski definition) is 2. The Labute approximate surface area is 83.3 Å². The Kier molecular flexibility index (Phi) is 3.17. The van der Waals surface area contributed by atoms with Gasteiger partial charge in [0.05, 0.1) is 0 Å². The fraction of sp³-hybridized carbons (Fsp3) is 0.400. The summed E-state index contributed by atoms with van der Waals surface area (Å²) in [6.45, 7) is 4.01. The Morgan fingerprint density at radius 2 is 2.00 bits per heavy atom. The van der Waals surface area contributed by atoms with Gasteiger partial charge in [0, 0.05) is 16.6 Å². The molecule has 0 amide bonds. The van der Waals surface area contributed by atoms with E-state index in [1.807, 2.05) is 13.8 Å². The summed E-state index contributed by atoms with van der Waals surface area (Å²) in [7, 11) is 0. The average Bonchev–Trinajstić information content (AvgIpc) is 2.08. The first-order chi connectivity index (χ1) is 6.02. The highest BCUT2D eigenvalue weighted by atomic mass is 35.5. The summed E-state index contributed by atoms with van der Waals surface area (Å²) in [6, 6.07) is 4.76. The fourth-order valence-corrected chi connectivity index (χ4v) is 1.33. The molecule has 0 aromatic heterocycles. The molecule has 0 saturated heterocycles. The Balaban J connectivity index is 3.05. The van der Waals surface area contributed by atoms with E-state index in [1.165, 1.54) is 0 Å². The molecule has 0 aliphatic carbocycles. The van der Waals surface area contributed by atoms with Gasteiger partial charge in [-0.25, -0.2) is 0 Å². The largest absolute Gasteiger partial charge is 0.508 e. The van der Waals surface area contributed by atoms with Gasteiger partial charge in [0.2, 0.25) is 0 Å². The van der Waals surface area contributed by atoms with E-state index in [2.05, 4.69) is 0 Å². The van der Waals surface area contributed by atoms with Crippen LogP contribution in [0.2, 0.25) is 5.02 Å². The average molecular weight is 200 g/mol. The quantitative estimate of drug-likeness (QED) is 0.770. The van der Waals surface area contributed by atoms with E-state index in [0.29, 0.717) is 10.6 Å². The fourth-order valence-electron chi connectivity index (χ4n) is 1.15. The maximum Gasteiger partial charge on any atom is 0.120 e. The van der Waals surface area contributed by atoms with Gasteiger partial charge in [-0.05, 0) is 24.1 Å². The molecule has 2 nitrogen and oxygen atoms in total. The van der Waals surface area contributed by atoms with E-state index in [9.17, 15) is 5.11 Å². The minimum Gasteiger partial charge on any atom is -0.508 e. The maximum absolute atomic E-state index is 9.52. The van der Waals surface area contributed by atoms with Crippen molar-refractivity contribution < 1.29 is 5.11 Å². The van der Waals surface area contributed by atoms with Crippen molar-refractivity contribution in [3.8, 4) is 5.75 Å². The highest BCUT2D eigenvalue weighted by Gasteiger charge is 2.14. The van der Waals surface area contributed by atoms with E-state index in [0.717, 1.165) is 0 Å². The molecule has 1 aromatic rings. The lowest BCUT2D eigenvalue weighted by molar-refractivity contribution is 0.440.